The normalized spacial score (nSPS) is 12.0. The first-order chi connectivity index (χ1) is 9.97. The fraction of sp³-hybridized carbons (Fsp3) is 0.0625. The van der Waals surface area contributed by atoms with Gasteiger partial charge in [0.2, 0.25) is 5.78 Å². The van der Waals surface area contributed by atoms with Crippen LogP contribution < -0.4 is 5.32 Å². The van der Waals surface area contributed by atoms with Crippen molar-refractivity contribution in [3.63, 3.8) is 0 Å². The minimum atomic E-state index is -3.92. The van der Waals surface area contributed by atoms with E-state index in [9.17, 15) is 13.6 Å². The average Bonchev–Trinajstić information content (AvgIpc) is 2.47. The highest BCUT2D eigenvalue weighted by molar-refractivity contribution is 6.34. The molecule has 0 aliphatic rings. The van der Waals surface area contributed by atoms with Gasteiger partial charge in [0.15, 0.2) is 0 Å². The van der Waals surface area contributed by atoms with E-state index in [1.165, 1.54) is 0 Å². The summed E-state index contributed by atoms with van der Waals surface area (Å²) in [7, 11) is 0. The number of carbonyl (C=O) groups excluding carboxylic acids is 1. The molecular weight excluding hydrogens is 296 g/mol. The first-order valence-corrected chi connectivity index (χ1v) is 6.55. The number of para-hydroxylation sites is 1. The van der Waals surface area contributed by atoms with Gasteiger partial charge < -0.3 is 5.32 Å². The summed E-state index contributed by atoms with van der Waals surface area (Å²) < 4.78 is 25.7. The molecular formula is C16H12ClF2NO. The highest BCUT2D eigenvalue weighted by Gasteiger charge is 2.34. The summed E-state index contributed by atoms with van der Waals surface area (Å²) in [5.74, 6) is -1.47. The summed E-state index contributed by atoms with van der Waals surface area (Å²) in [6.45, 7) is 0. The van der Waals surface area contributed by atoms with Crippen molar-refractivity contribution >= 4 is 28.8 Å². The van der Waals surface area contributed by atoms with Crippen molar-refractivity contribution in [2.45, 2.75) is 5.38 Å². The average molecular weight is 308 g/mol. The fourth-order valence-electron chi connectivity index (χ4n) is 1.70. The van der Waals surface area contributed by atoms with Crippen LogP contribution in [0, 0.1) is 0 Å². The Morgan fingerprint density at radius 2 is 1.52 bits per heavy atom. The van der Waals surface area contributed by atoms with Gasteiger partial charge in [-0.15, -0.1) is 0 Å². The van der Waals surface area contributed by atoms with Crippen LogP contribution in [0.1, 0.15) is 5.56 Å². The molecule has 0 saturated heterocycles. The van der Waals surface area contributed by atoms with E-state index in [1.54, 1.807) is 54.6 Å². The number of carbonyl (C=O) groups is 1. The van der Waals surface area contributed by atoms with Gasteiger partial charge in [-0.25, -0.2) is 0 Å². The van der Waals surface area contributed by atoms with Gasteiger partial charge in [-0.2, -0.15) is 8.78 Å². The Labute approximate surface area is 126 Å². The van der Waals surface area contributed by atoms with E-state index < -0.39 is 11.2 Å². The van der Waals surface area contributed by atoms with Gasteiger partial charge in [-0.05, 0) is 29.3 Å². The van der Waals surface area contributed by atoms with Crippen molar-refractivity contribution < 1.29 is 13.6 Å². The van der Waals surface area contributed by atoms with Crippen LogP contribution in [0.25, 0.3) is 5.70 Å². The van der Waals surface area contributed by atoms with E-state index in [-0.39, 0.29) is 5.70 Å². The fourth-order valence-corrected chi connectivity index (χ4v) is 1.75. The van der Waals surface area contributed by atoms with E-state index in [0.29, 0.717) is 11.3 Å². The molecule has 2 nitrogen and oxygen atoms in total. The van der Waals surface area contributed by atoms with Crippen molar-refractivity contribution in [1.82, 2.24) is 0 Å². The highest BCUT2D eigenvalue weighted by atomic mass is 35.5. The topological polar surface area (TPSA) is 29.1 Å². The molecule has 0 bridgehead atoms. The smallest absolute Gasteiger partial charge is 0.355 e. The van der Waals surface area contributed by atoms with Gasteiger partial charge in [-0.3, -0.25) is 4.79 Å². The van der Waals surface area contributed by atoms with Crippen LogP contribution in [-0.2, 0) is 4.79 Å². The minimum absolute atomic E-state index is 0.257. The molecule has 21 heavy (non-hydrogen) atoms. The number of alkyl halides is 3. The van der Waals surface area contributed by atoms with Crippen LogP contribution in [0.4, 0.5) is 14.5 Å². The van der Waals surface area contributed by atoms with E-state index in [4.69, 9.17) is 11.6 Å². The van der Waals surface area contributed by atoms with Crippen molar-refractivity contribution in [3.05, 3.63) is 72.3 Å². The van der Waals surface area contributed by atoms with Crippen molar-refractivity contribution in [3.8, 4) is 0 Å². The molecule has 2 aromatic rings. The molecule has 0 atom stereocenters. The maximum Gasteiger partial charge on any atom is 0.384 e. The molecule has 2 aromatic carbocycles. The molecule has 0 radical (unpaired) electrons. The Morgan fingerprint density at radius 3 is 2.05 bits per heavy atom. The highest BCUT2D eigenvalue weighted by Crippen LogP contribution is 2.24. The maximum atomic E-state index is 12.9. The first kappa shape index (κ1) is 15.2. The second kappa shape index (κ2) is 6.50. The van der Waals surface area contributed by atoms with Gasteiger partial charge in [0.1, 0.15) is 0 Å². The zero-order valence-electron chi connectivity index (χ0n) is 10.9. The molecule has 0 aliphatic heterocycles. The molecule has 0 unspecified atom stereocenters. The molecule has 0 heterocycles. The monoisotopic (exact) mass is 307 g/mol. The van der Waals surface area contributed by atoms with E-state index in [2.05, 4.69) is 5.32 Å². The molecule has 0 amide bonds. The minimum Gasteiger partial charge on any atom is -0.355 e. The molecule has 0 aliphatic carbocycles. The maximum absolute atomic E-state index is 12.9. The number of ketones is 1. The number of hydrogen-bond acceptors (Lipinski definition) is 2. The van der Waals surface area contributed by atoms with E-state index >= 15 is 0 Å². The van der Waals surface area contributed by atoms with E-state index in [1.807, 2.05) is 6.07 Å². The standard InChI is InChI=1S/C16H12ClF2NO/c17-16(18,19)15(21)11-14(12-7-3-1-4-8-12)20-13-9-5-2-6-10-13/h1-11,20H/b14-11-. The summed E-state index contributed by atoms with van der Waals surface area (Å²) >= 11 is 4.76. The Hall–Kier alpha value is -2.20. The molecule has 0 fully saturated rings. The molecule has 108 valence electrons. The summed E-state index contributed by atoms with van der Waals surface area (Å²) in [6.07, 6.45) is 0.815. The van der Waals surface area contributed by atoms with Crippen LogP contribution in [0.5, 0.6) is 0 Å². The predicted octanol–water partition coefficient (Wildman–Crippen LogP) is 4.54. The van der Waals surface area contributed by atoms with Crippen LogP contribution in [-0.4, -0.2) is 11.2 Å². The van der Waals surface area contributed by atoms with Crippen molar-refractivity contribution in [2.24, 2.45) is 0 Å². The number of hydrogen-bond donors (Lipinski definition) is 1. The van der Waals surface area contributed by atoms with Crippen LogP contribution in [0.15, 0.2) is 66.7 Å². The number of anilines is 1. The summed E-state index contributed by atoms with van der Waals surface area (Å²) in [4.78, 5) is 11.4. The molecule has 5 heteroatoms. The molecule has 0 aromatic heterocycles. The third-order valence-corrected chi connectivity index (χ3v) is 2.88. The number of benzene rings is 2. The second-order valence-corrected chi connectivity index (χ2v) is 4.75. The van der Waals surface area contributed by atoms with Gasteiger partial charge in [-0.1, -0.05) is 48.5 Å². The zero-order valence-corrected chi connectivity index (χ0v) is 11.6. The van der Waals surface area contributed by atoms with Gasteiger partial charge in [0.25, 0.3) is 0 Å². The first-order valence-electron chi connectivity index (χ1n) is 6.17. The molecule has 2 rings (SSSR count). The summed E-state index contributed by atoms with van der Waals surface area (Å²) in [5.41, 5.74) is 1.54. The lowest BCUT2D eigenvalue weighted by Crippen LogP contribution is -2.20. The predicted molar refractivity (Wildman–Crippen MR) is 80.3 cm³/mol. The van der Waals surface area contributed by atoms with Gasteiger partial charge in [0, 0.05) is 17.5 Å². The largest absolute Gasteiger partial charge is 0.384 e. The SMILES string of the molecule is O=C(/C=C(\Nc1ccccc1)c1ccccc1)C(F)(F)Cl. The Morgan fingerprint density at radius 1 is 1.00 bits per heavy atom. The third kappa shape index (κ3) is 4.39. The van der Waals surface area contributed by atoms with Gasteiger partial charge in [0.05, 0.1) is 0 Å². The Bertz CT molecular complexity index is 636. The number of halogens is 3. The lowest BCUT2D eigenvalue weighted by molar-refractivity contribution is -0.128. The lowest BCUT2D eigenvalue weighted by Gasteiger charge is -2.12. The lowest BCUT2D eigenvalue weighted by atomic mass is 10.1. The second-order valence-electron chi connectivity index (χ2n) is 4.28. The Balaban J connectivity index is 2.36. The molecule has 0 saturated carbocycles. The summed E-state index contributed by atoms with van der Waals surface area (Å²) in [6, 6.07) is 17.7. The Kier molecular flexibility index (Phi) is 4.70. The quantitative estimate of drug-likeness (QED) is 0.649. The zero-order chi connectivity index (χ0) is 15.3. The van der Waals surface area contributed by atoms with Crippen LogP contribution >= 0.6 is 11.6 Å². The number of nitrogens with one attached hydrogen (secondary N) is 1. The molecule has 0 spiro atoms. The van der Waals surface area contributed by atoms with E-state index in [0.717, 1.165) is 6.08 Å². The van der Waals surface area contributed by atoms with Crippen molar-refractivity contribution in [1.29, 1.82) is 0 Å². The van der Waals surface area contributed by atoms with Gasteiger partial charge >= 0.3 is 5.38 Å². The summed E-state index contributed by atoms with van der Waals surface area (Å²) in [5, 5.41) is -0.972. The van der Waals surface area contributed by atoms with Crippen LogP contribution in [0.2, 0.25) is 0 Å². The number of rotatable bonds is 5. The third-order valence-electron chi connectivity index (χ3n) is 2.69. The van der Waals surface area contributed by atoms with Crippen LogP contribution in [0.3, 0.4) is 0 Å². The number of allylic oxidation sites excluding steroid dienone is 1. The molecule has 1 N–H and O–H groups in total. The van der Waals surface area contributed by atoms with Crippen molar-refractivity contribution in [2.75, 3.05) is 5.32 Å².